The molecule has 4 aromatic rings. The summed E-state index contributed by atoms with van der Waals surface area (Å²) in [6.45, 7) is 4.40. The maximum absolute atomic E-state index is 12.1. The van der Waals surface area contributed by atoms with Gasteiger partial charge in [0.2, 0.25) is 11.0 Å². The van der Waals surface area contributed by atoms with E-state index in [1.54, 1.807) is 17.7 Å². The molecule has 0 fully saturated rings. The minimum Gasteiger partial charge on any atom is -0.369 e. The molecule has 1 aromatic carbocycles. The van der Waals surface area contributed by atoms with Crippen molar-refractivity contribution in [1.82, 2.24) is 20.2 Å². The molecule has 0 saturated heterocycles. The summed E-state index contributed by atoms with van der Waals surface area (Å²) in [6.07, 6.45) is 1.85. The predicted molar refractivity (Wildman–Crippen MR) is 114 cm³/mol. The first-order valence-corrected chi connectivity index (χ1v) is 10.4. The molecule has 0 radical (unpaired) electrons. The van der Waals surface area contributed by atoms with E-state index in [1.165, 1.54) is 16.2 Å². The largest absolute Gasteiger partial charge is 0.369 e. The highest BCUT2D eigenvalue weighted by molar-refractivity contribution is 7.19. The first kappa shape index (κ1) is 18.5. The lowest BCUT2D eigenvalue weighted by Crippen LogP contribution is -2.16. The smallest absolute Gasteiger partial charge is 0.227 e. The Morgan fingerprint density at radius 3 is 2.64 bits per heavy atom. The summed E-state index contributed by atoms with van der Waals surface area (Å²) in [7, 11) is 0. The Kier molecular flexibility index (Phi) is 5.27. The topological polar surface area (TPSA) is 92.7 Å². The van der Waals surface area contributed by atoms with Gasteiger partial charge in [0.1, 0.15) is 22.0 Å². The Balaban J connectivity index is 1.52. The number of benzene rings is 1. The Morgan fingerprint density at radius 2 is 1.89 bits per heavy atom. The Labute approximate surface area is 169 Å². The maximum Gasteiger partial charge on any atom is 0.227 e. The van der Waals surface area contributed by atoms with Crippen LogP contribution in [0.1, 0.15) is 16.3 Å². The number of amides is 1. The SMILES string of the molecule is Cc1nnc(NC(=O)CCNc2ncnc3sc(C)c(-c4ccccc4)c23)s1. The third-order valence-electron chi connectivity index (χ3n) is 4.14. The fourth-order valence-corrected chi connectivity index (χ4v) is 4.57. The molecule has 0 saturated carbocycles. The van der Waals surface area contributed by atoms with Gasteiger partial charge in [0, 0.05) is 23.4 Å². The van der Waals surface area contributed by atoms with Crippen molar-refractivity contribution in [3.63, 3.8) is 0 Å². The average molecular weight is 411 g/mol. The van der Waals surface area contributed by atoms with Gasteiger partial charge >= 0.3 is 0 Å². The fraction of sp³-hybridized carbons (Fsp3) is 0.211. The lowest BCUT2D eigenvalue weighted by molar-refractivity contribution is -0.115. The quantitative estimate of drug-likeness (QED) is 0.493. The second-order valence-electron chi connectivity index (χ2n) is 6.15. The minimum atomic E-state index is -0.112. The molecular formula is C19H18N6OS2. The standard InChI is InChI=1S/C19H18N6OS2/c1-11-15(13-6-4-3-5-7-13)16-17(21-10-22-18(16)27-11)20-9-8-14(26)23-19-25-24-12(2)28-19/h3-7,10H,8-9H2,1-2H3,(H,20,21,22)(H,23,25,26). The average Bonchev–Trinajstić information content (AvgIpc) is 3.24. The van der Waals surface area contributed by atoms with Crippen LogP contribution < -0.4 is 10.6 Å². The third-order valence-corrected chi connectivity index (χ3v) is 5.91. The van der Waals surface area contributed by atoms with Gasteiger partial charge in [-0.3, -0.25) is 4.79 Å². The maximum atomic E-state index is 12.1. The molecule has 2 N–H and O–H groups in total. The van der Waals surface area contributed by atoms with Crippen molar-refractivity contribution in [3.05, 3.63) is 46.5 Å². The fourth-order valence-electron chi connectivity index (χ4n) is 2.95. The summed E-state index contributed by atoms with van der Waals surface area (Å²) in [5.41, 5.74) is 2.27. The molecule has 0 spiro atoms. The van der Waals surface area contributed by atoms with Gasteiger partial charge in [-0.25, -0.2) is 9.97 Å². The summed E-state index contributed by atoms with van der Waals surface area (Å²) >= 11 is 3.00. The van der Waals surface area contributed by atoms with Crippen molar-refractivity contribution in [2.75, 3.05) is 17.2 Å². The number of hydrogen-bond acceptors (Lipinski definition) is 8. The highest BCUT2D eigenvalue weighted by Crippen LogP contribution is 2.40. The number of fused-ring (bicyclic) bond motifs is 1. The number of anilines is 2. The van der Waals surface area contributed by atoms with Crippen molar-refractivity contribution in [3.8, 4) is 11.1 Å². The number of carbonyl (C=O) groups excluding carboxylic acids is 1. The van der Waals surface area contributed by atoms with Gasteiger partial charge < -0.3 is 10.6 Å². The second kappa shape index (κ2) is 7.99. The zero-order valence-electron chi connectivity index (χ0n) is 15.4. The van der Waals surface area contributed by atoms with Crippen molar-refractivity contribution >= 4 is 49.7 Å². The molecule has 7 nitrogen and oxygen atoms in total. The Morgan fingerprint density at radius 1 is 1.07 bits per heavy atom. The van der Waals surface area contributed by atoms with Gasteiger partial charge in [-0.15, -0.1) is 21.5 Å². The molecule has 142 valence electrons. The van der Waals surface area contributed by atoms with Gasteiger partial charge in [0.15, 0.2) is 0 Å². The molecule has 0 atom stereocenters. The highest BCUT2D eigenvalue weighted by atomic mass is 32.1. The summed E-state index contributed by atoms with van der Waals surface area (Å²) < 4.78 is 0. The normalized spacial score (nSPS) is 10.9. The van der Waals surface area contributed by atoms with E-state index in [2.05, 4.69) is 49.9 Å². The molecular weight excluding hydrogens is 392 g/mol. The lowest BCUT2D eigenvalue weighted by atomic mass is 10.0. The van der Waals surface area contributed by atoms with Crippen LogP contribution in [0.5, 0.6) is 0 Å². The zero-order chi connectivity index (χ0) is 19.5. The van der Waals surface area contributed by atoms with E-state index in [1.807, 2.05) is 25.1 Å². The van der Waals surface area contributed by atoms with Crippen LogP contribution in [0.3, 0.4) is 0 Å². The summed E-state index contributed by atoms with van der Waals surface area (Å²) in [5.74, 6) is 0.631. The number of aromatic nitrogens is 4. The van der Waals surface area contributed by atoms with Gasteiger partial charge in [0.25, 0.3) is 0 Å². The van der Waals surface area contributed by atoms with Crippen LogP contribution in [0.4, 0.5) is 10.9 Å². The molecule has 3 heterocycles. The molecule has 0 aliphatic rings. The number of rotatable bonds is 6. The van der Waals surface area contributed by atoms with Gasteiger partial charge in [-0.05, 0) is 19.4 Å². The molecule has 0 unspecified atom stereocenters. The van der Waals surface area contributed by atoms with Crippen molar-refractivity contribution in [2.45, 2.75) is 20.3 Å². The molecule has 4 rings (SSSR count). The van der Waals surface area contributed by atoms with Crippen LogP contribution in [0.2, 0.25) is 0 Å². The van der Waals surface area contributed by atoms with Crippen molar-refractivity contribution in [2.24, 2.45) is 0 Å². The van der Waals surface area contributed by atoms with Gasteiger partial charge in [-0.2, -0.15) is 0 Å². The third kappa shape index (κ3) is 3.85. The molecule has 28 heavy (non-hydrogen) atoms. The predicted octanol–water partition coefficient (Wildman–Crippen LogP) is 4.27. The van der Waals surface area contributed by atoms with Crippen molar-refractivity contribution < 1.29 is 4.79 Å². The number of hydrogen-bond donors (Lipinski definition) is 2. The monoisotopic (exact) mass is 410 g/mol. The van der Waals surface area contributed by atoms with Crippen molar-refractivity contribution in [1.29, 1.82) is 0 Å². The lowest BCUT2D eigenvalue weighted by Gasteiger charge is -2.09. The van der Waals surface area contributed by atoms with Crippen LogP contribution in [0.15, 0.2) is 36.7 Å². The van der Waals surface area contributed by atoms with Crippen LogP contribution in [-0.4, -0.2) is 32.6 Å². The Hall–Kier alpha value is -2.91. The summed E-state index contributed by atoms with van der Waals surface area (Å²) in [4.78, 5) is 23.1. The molecule has 0 aliphatic carbocycles. The van der Waals surface area contributed by atoms with E-state index in [9.17, 15) is 4.79 Å². The Bertz CT molecular complexity index is 1120. The number of nitrogens with one attached hydrogen (secondary N) is 2. The summed E-state index contributed by atoms with van der Waals surface area (Å²) in [5, 5.41) is 16.2. The number of carbonyl (C=O) groups is 1. The van der Waals surface area contributed by atoms with E-state index in [0.29, 0.717) is 18.1 Å². The molecule has 0 aliphatic heterocycles. The van der Waals surface area contributed by atoms with Crippen LogP contribution >= 0.6 is 22.7 Å². The number of nitrogens with zero attached hydrogens (tertiary/aromatic N) is 4. The van der Waals surface area contributed by atoms with E-state index in [0.717, 1.165) is 32.2 Å². The van der Waals surface area contributed by atoms with Crippen LogP contribution in [0, 0.1) is 13.8 Å². The number of aryl methyl sites for hydroxylation is 2. The molecule has 1 amide bonds. The summed E-state index contributed by atoms with van der Waals surface area (Å²) in [6, 6.07) is 10.2. The molecule has 9 heteroatoms. The van der Waals surface area contributed by atoms with E-state index >= 15 is 0 Å². The van der Waals surface area contributed by atoms with Gasteiger partial charge in [-0.1, -0.05) is 41.7 Å². The van der Waals surface area contributed by atoms with E-state index in [4.69, 9.17) is 0 Å². The molecule has 3 aromatic heterocycles. The first-order valence-electron chi connectivity index (χ1n) is 8.75. The highest BCUT2D eigenvalue weighted by Gasteiger charge is 2.16. The van der Waals surface area contributed by atoms with Crippen LogP contribution in [-0.2, 0) is 4.79 Å². The van der Waals surface area contributed by atoms with Crippen LogP contribution in [0.25, 0.3) is 21.3 Å². The first-order chi connectivity index (χ1) is 13.6. The zero-order valence-corrected chi connectivity index (χ0v) is 17.0. The van der Waals surface area contributed by atoms with Gasteiger partial charge in [0.05, 0.1) is 5.39 Å². The molecule has 0 bridgehead atoms. The number of thiophene rings is 1. The van der Waals surface area contributed by atoms with E-state index < -0.39 is 0 Å². The van der Waals surface area contributed by atoms with E-state index in [-0.39, 0.29) is 5.91 Å². The second-order valence-corrected chi connectivity index (χ2v) is 8.54. The minimum absolute atomic E-state index is 0.112.